The van der Waals surface area contributed by atoms with Crippen LogP contribution >= 0.6 is 15.9 Å². The van der Waals surface area contributed by atoms with Crippen molar-refractivity contribution in [3.8, 4) is 0 Å². The maximum absolute atomic E-state index is 12.4. The standard InChI is InChI=1S/C16H20BrN3O/c1-4-14(12-8-6-11(3)7-9-12)18-16(21)15-13(17)10-20(5-2)19-15/h6-10,14H,4-5H2,1-3H3,(H,18,21). The van der Waals surface area contributed by atoms with Crippen LogP contribution in [0.4, 0.5) is 0 Å². The average Bonchev–Trinajstić information content (AvgIpc) is 2.87. The highest BCUT2D eigenvalue weighted by Gasteiger charge is 2.19. The normalized spacial score (nSPS) is 12.2. The van der Waals surface area contributed by atoms with E-state index in [2.05, 4.69) is 64.5 Å². The minimum absolute atomic E-state index is 0.00298. The second kappa shape index (κ2) is 6.89. The first-order valence-electron chi connectivity index (χ1n) is 7.15. The van der Waals surface area contributed by atoms with Crippen molar-refractivity contribution < 1.29 is 4.79 Å². The van der Waals surface area contributed by atoms with E-state index in [1.165, 1.54) is 5.56 Å². The van der Waals surface area contributed by atoms with Crippen molar-refractivity contribution in [2.24, 2.45) is 0 Å². The number of aryl methyl sites for hydroxylation is 2. The topological polar surface area (TPSA) is 46.9 Å². The number of amides is 1. The molecule has 2 rings (SSSR count). The molecule has 4 nitrogen and oxygen atoms in total. The van der Waals surface area contributed by atoms with E-state index in [0.29, 0.717) is 5.69 Å². The van der Waals surface area contributed by atoms with Crippen LogP contribution in [0.5, 0.6) is 0 Å². The molecule has 1 N–H and O–H groups in total. The summed E-state index contributed by atoms with van der Waals surface area (Å²) >= 11 is 3.39. The zero-order valence-electron chi connectivity index (χ0n) is 12.6. The van der Waals surface area contributed by atoms with Gasteiger partial charge in [0.2, 0.25) is 0 Å². The Morgan fingerprint density at radius 1 is 1.33 bits per heavy atom. The maximum atomic E-state index is 12.4. The lowest BCUT2D eigenvalue weighted by Crippen LogP contribution is -2.28. The van der Waals surface area contributed by atoms with Gasteiger partial charge in [-0.2, -0.15) is 5.10 Å². The molecule has 1 amide bonds. The van der Waals surface area contributed by atoms with Crippen molar-refractivity contribution in [1.29, 1.82) is 0 Å². The minimum atomic E-state index is -0.151. The first kappa shape index (κ1) is 15.8. The van der Waals surface area contributed by atoms with Crippen LogP contribution < -0.4 is 5.32 Å². The fourth-order valence-corrected chi connectivity index (χ4v) is 2.66. The third-order valence-corrected chi connectivity index (χ3v) is 4.03. The predicted octanol–water partition coefficient (Wildman–Crippen LogP) is 3.86. The number of aromatic nitrogens is 2. The molecule has 0 bridgehead atoms. The molecule has 0 aliphatic rings. The fraction of sp³-hybridized carbons (Fsp3) is 0.375. The van der Waals surface area contributed by atoms with Gasteiger partial charge in [0.05, 0.1) is 10.5 Å². The molecule has 1 atom stereocenters. The Morgan fingerprint density at radius 3 is 2.52 bits per heavy atom. The molecule has 0 saturated heterocycles. The third kappa shape index (κ3) is 3.73. The SMILES string of the molecule is CCC(NC(=O)c1nn(CC)cc1Br)c1ccc(C)cc1. The minimum Gasteiger partial charge on any atom is -0.344 e. The van der Waals surface area contributed by atoms with Gasteiger partial charge in [-0.05, 0) is 41.8 Å². The lowest BCUT2D eigenvalue weighted by Gasteiger charge is -2.17. The van der Waals surface area contributed by atoms with Crippen LogP contribution in [0.25, 0.3) is 0 Å². The number of halogens is 1. The summed E-state index contributed by atoms with van der Waals surface area (Å²) in [5, 5.41) is 7.33. The summed E-state index contributed by atoms with van der Waals surface area (Å²) in [6.07, 6.45) is 2.66. The summed E-state index contributed by atoms with van der Waals surface area (Å²) < 4.78 is 2.46. The maximum Gasteiger partial charge on any atom is 0.273 e. The van der Waals surface area contributed by atoms with Crippen LogP contribution in [-0.2, 0) is 6.54 Å². The Hall–Kier alpha value is -1.62. The lowest BCUT2D eigenvalue weighted by molar-refractivity contribution is 0.0929. The van der Waals surface area contributed by atoms with Crippen molar-refractivity contribution in [3.63, 3.8) is 0 Å². The summed E-state index contributed by atoms with van der Waals surface area (Å²) in [5.74, 6) is -0.151. The summed E-state index contributed by atoms with van der Waals surface area (Å²) in [4.78, 5) is 12.4. The van der Waals surface area contributed by atoms with Crippen molar-refractivity contribution in [3.05, 3.63) is 51.8 Å². The van der Waals surface area contributed by atoms with Crippen LogP contribution in [0.3, 0.4) is 0 Å². The number of benzene rings is 1. The molecule has 0 saturated carbocycles. The summed E-state index contributed by atoms with van der Waals surface area (Å²) in [7, 11) is 0. The van der Waals surface area contributed by atoms with Gasteiger partial charge in [-0.15, -0.1) is 0 Å². The van der Waals surface area contributed by atoms with Gasteiger partial charge in [0.25, 0.3) is 5.91 Å². The highest BCUT2D eigenvalue weighted by atomic mass is 79.9. The summed E-state index contributed by atoms with van der Waals surface area (Å²) in [6.45, 7) is 6.84. The quantitative estimate of drug-likeness (QED) is 0.890. The third-order valence-electron chi connectivity index (χ3n) is 3.45. The second-order valence-electron chi connectivity index (χ2n) is 5.03. The van der Waals surface area contributed by atoms with E-state index in [-0.39, 0.29) is 11.9 Å². The van der Waals surface area contributed by atoms with Gasteiger partial charge in [-0.1, -0.05) is 36.8 Å². The van der Waals surface area contributed by atoms with Gasteiger partial charge >= 0.3 is 0 Å². The molecule has 0 radical (unpaired) electrons. The molecule has 0 spiro atoms. The van der Waals surface area contributed by atoms with E-state index in [9.17, 15) is 4.79 Å². The smallest absolute Gasteiger partial charge is 0.273 e. The van der Waals surface area contributed by atoms with Gasteiger partial charge in [0.1, 0.15) is 0 Å². The lowest BCUT2D eigenvalue weighted by atomic mass is 10.0. The monoisotopic (exact) mass is 349 g/mol. The van der Waals surface area contributed by atoms with Crippen molar-refractivity contribution in [2.45, 2.75) is 39.8 Å². The van der Waals surface area contributed by atoms with Crippen LogP contribution in [0.2, 0.25) is 0 Å². The van der Waals surface area contributed by atoms with Crippen molar-refractivity contribution in [2.75, 3.05) is 0 Å². The molecule has 0 fully saturated rings. The molecule has 1 aromatic carbocycles. The summed E-state index contributed by atoms with van der Waals surface area (Å²) in [5.41, 5.74) is 2.76. The van der Waals surface area contributed by atoms with Crippen LogP contribution in [0, 0.1) is 6.92 Å². The zero-order chi connectivity index (χ0) is 15.4. The molecule has 21 heavy (non-hydrogen) atoms. The van der Waals surface area contributed by atoms with Gasteiger partial charge in [0, 0.05) is 12.7 Å². The first-order valence-corrected chi connectivity index (χ1v) is 7.94. The van der Waals surface area contributed by atoms with Gasteiger partial charge in [-0.3, -0.25) is 9.48 Å². The molecule has 1 heterocycles. The van der Waals surface area contributed by atoms with Crippen LogP contribution in [0.1, 0.15) is 47.9 Å². The Labute approximate surface area is 133 Å². The molecule has 0 aliphatic carbocycles. The molecular formula is C16H20BrN3O. The van der Waals surface area contributed by atoms with Gasteiger partial charge in [-0.25, -0.2) is 0 Å². The van der Waals surface area contributed by atoms with E-state index >= 15 is 0 Å². The Kier molecular flexibility index (Phi) is 5.17. The molecule has 1 unspecified atom stereocenters. The second-order valence-corrected chi connectivity index (χ2v) is 5.88. The number of carbonyl (C=O) groups excluding carboxylic acids is 1. The highest BCUT2D eigenvalue weighted by molar-refractivity contribution is 9.10. The fourth-order valence-electron chi connectivity index (χ4n) is 2.16. The van der Waals surface area contributed by atoms with Gasteiger partial charge < -0.3 is 5.32 Å². The number of hydrogen-bond acceptors (Lipinski definition) is 2. The largest absolute Gasteiger partial charge is 0.344 e. The number of carbonyl (C=O) groups is 1. The molecular weight excluding hydrogens is 330 g/mol. The Balaban J connectivity index is 2.15. The average molecular weight is 350 g/mol. The van der Waals surface area contributed by atoms with Crippen molar-refractivity contribution >= 4 is 21.8 Å². The molecule has 112 valence electrons. The van der Waals surface area contributed by atoms with Crippen LogP contribution in [0.15, 0.2) is 34.9 Å². The van der Waals surface area contributed by atoms with E-state index in [1.807, 2.05) is 13.1 Å². The Bertz CT molecular complexity index is 619. The van der Waals surface area contributed by atoms with E-state index in [0.717, 1.165) is 23.0 Å². The van der Waals surface area contributed by atoms with Crippen LogP contribution in [-0.4, -0.2) is 15.7 Å². The first-order chi connectivity index (χ1) is 10.0. The van der Waals surface area contributed by atoms with E-state index in [1.54, 1.807) is 4.68 Å². The van der Waals surface area contributed by atoms with Crippen molar-refractivity contribution in [1.82, 2.24) is 15.1 Å². The molecule has 5 heteroatoms. The highest BCUT2D eigenvalue weighted by Crippen LogP contribution is 2.20. The number of hydrogen-bond donors (Lipinski definition) is 1. The summed E-state index contributed by atoms with van der Waals surface area (Å²) in [6, 6.07) is 8.24. The van der Waals surface area contributed by atoms with E-state index < -0.39 is 0 Å². The molecule has 0 aliphatic heterocycles. The van der Waals surface area contributed by atoms with E-state index in [4.69, 9.17) is 0 Å². The predicted molar refractivity (Wildman–Crippen MR) is 87.3 cm³/mol. The Morgan fingerprint density at radius 2 is 2.00 bits per heavy atom. The number of nitrogens with one attached hydrogen (secondary N) is 1. The number of nitrogens with zero attached hydrogens (tertiary/aromatic N) is 2. The van der Waals surface area contributed by atoms with Gasteiger partial charge in [0.15, 0.2) is 5.69 Å². The zero-order valence-corrected chi connectivity index (χ0v) is 14.1. The number of rotatable bonds is 5. The molecule has 2 aromatic rings. The molecule has 1 aromatic heterocycles.